The van der Waals surface area contributed by atoms with Gasteiger partial charge in [0.25, 0.3) is 0 Å². The molecule has 0 amide bonds. The Morgan fingerprint density at radius 3 is 2.17 bits per heavy atom. The summed E-state index contributed by atoms with van der Waals surface area (Å²) in [4.78, 5) is 4.89. The summed E-state index contributed by atoms with van der Waals surface area (Å²) in [5.41, 5.74) is 3.92. The fourth-order valence-electron chi connectivity index (χ4n) is 3.75. The normalized spacial score (nSPS) is 15.6. The van der Waals surface area contributed by atoms with Crippen LogP contribution >= 0.6 is 0 Å². The molecule has 0 aliphatic heterocycles. The van der Waals surface area contributed by atoms with Gasteiger partial charge < -0.3 is 0 Å². The van der Waals surface area contributed by atoms with E-state index in [4.69, 9.17) is 6.35 Å². The van der Waals surface area contributed by atoms with E-state index in [0.29, 0.717) is 0 Å². The second kappa shape index (κ2) is 8.67. The van der Waals surface area contributed by atoms with Gasteiger partial charge in [0.05, 0.1) is 5.69 Å². The molecule has 1 heterocycles. The van der Waals surface area contributed by atoms with Gasteiger partial charge in [0.15, 0.2) is 0 Å². The Morgan fingerprint density at radius 2 is 1.55 bits per heavy atom. The van der Waals surface area contributed by atoms with Gasteiger partial charge in [0, 0.05) is 14.5 Å². The van der Waals surface area contributed by atoms with E-state index < -0.39 is 19.9 Å². The van der Waals surface area contributed by atoms with Crippen LogP contribution in [0.3, 0.4) is 0 Å². The third-order valence-corrected chi connectivity index (χ3v) is 9.62. The molecule has 29 heavy (non-hydrogen) atoms. The van der Waals surface area contributed by atoms with Gasteiger partial charge in [-0.2, -0.15) is 0 Å². The number of aromatic nitrogens is 1. The second-order valence-corrected chi connectivity index (χ2v) is 13.4. The number of nitrogens with zero attached hydrogens (tertiary/aromatic N) is 1. The highest BCUT2D eigenvalue weighted by atomic mass is 28.3. The van der Waals surface area contributed by atoms with Crippen LogP contribution < -0.4 is 10.4 Å². The van der Waals surface area contributed by atoms with Gasteiger partial charge >= 0.3 is 0 Å². The maximum Gasteiger partial charge on any atom is 0.114 e. The Labute approximate surface area is 181 Å². The predicted molar refractivity (Wildman–Crippen MR) is 130 cm³/mol. The summed E-state index contributed by atoms with van der Waals surface area (Å²) < 4.78 is 17.7. The molecule has 0 fully saturated rings. The summed E-state index contributed by atoms with van der Waals surface area (Å²) >= 11 is 0. The van der Waals surface area contributed by atoms with Crippen molar-refractivity contribution < 1.29 is 2.74 Å². The number of pyridine rings is 1. The molecule has 0 saturated carbocycles. The molecule has 1 unspecified atom stereocenters. The maximum atomic E-state index is 9.27. The second-order valence-electron chi connectivity index (χ2n) is 9.02. The van der Waals surface area contributed by atoms with Crippen LogP contribution in [0, 0.1) is 5.92 Å². The molecule has 3 rings (SSSR count). The summed E-state index contributed by atoms with van der Waals surface area (Å²) in [5.74, 6) is -1.22. The van der Waals surface area contributed by atoms with Crippen LogP contribution in [0.2, 0.25) is 13.1 Å². The van der Waals surface area contributed by atoms with Crippen molar-refractivity contribution in [1.82, 2.24) is 4.98 Å². The number of rotatable bonds is 6. The first-order valence-electron chi connectivity index (χ1n) is 11.5. The van der Waals surface area contributed by atoms with Crippen LogP contribution in [-0.4, -0.2) is 13.1 Å². The number of hydrogen-bond donors (Lipinski definition) is 0. The zero-order valence-electron chi connectivity index (χ0n) is 20.9. The highest BCUT2D eigenvalue weighted by molar-refractivity contribution is 7.00. The fourth-order valence-corrected chi connectivity index (χ4v) is 6.42. The van der Waals surface area contributed by atoms with Gasteiger partial charge in [0.2, 0.25) is 0 Å². The zero-order chi connectivity index (χ0) is 23.0. The summed E-state index contributed by atoms with van der Waals surface area (Å²) in [6.45, 7) is 14.8. The van der Waals surface area contributed by atoms with Crippen molar-refractivity contribution in [3.63, 3.8) is 0 Å². The average molecular weight is 404 g/mol. The van der Waals surface area contributed by atoms with Crippen molar-refractivity contribution >= 4 is 18.4 Å². The lowest BCUT2D eigenvalue weighted by Gasteiger charge is -2.30. The van der Waals surface area contributed by atoms with Gasteiger partial charge in [-0.05, 0) is 46.2 Å². The van der Waals surface area contributed by atoms with Gasteiger partial charge in [-0.25, -0.2) is 0 Å². The van der Waals surface area contributed by atoms with E-state index in [2.05, 4.69) is 75.5 Å². The van der Waals surface area contributed by atoms with Crippen molar-refractivity contribution in [3.05, 3.63) is 78.0 Å². The van der Waals surface area contributed by atoms with Crippen molar-refractivity contribution in [3.8, 4) is 11.3 Å². The molecule has 0 aliphatic carbocycles. The molecule has 1 atom stereocenters. The summed E-state index contributed by atoms with van der Waals surface area (Å²) in [7, 11) is -2.03. The standard InChI is InChI=1S/C27H35NSi/c1-19(2)21(5)25-17-26(23-13-11-12-22(16-23)20(3)4)28-18-27(25)29(6,7)24-14-9-8-10-15-24/h8-21H,1-7H3/i20D,21D. The van der Waals surface area contributed by atoms with Crippen LogP contribution in [0.1, 0.15) is 60.3 Å². The quantitative estimate of drug-likeness (QED) is 0.431. The van der Waals surface area contributed by atoms with Gasteiger partial charge in [-0.3, -0.25) is 4.98 Å². The first-order valence-corrected chi connectivity index (χ1v) is 13.5. The summed E-state index contributed by atoms with van der Waals surface area (Å²) in [5, 5.41) is 2.58. The molecule has 1 aromatic heterocycles. The average Bonchev–Trinajstić information content (AvgIpc) is 2.73. The highest BCUT2D eigenvalue weighted by Crippen LogP contribution is 2.29. The van der Waals surface area contributed by atoms with Crippen molar-refractivity contribution in [1.29, 1.82) is 0 Å². The molecule has 0 aliphatic rings. The van der Waals surface area contributed by atoms with E-state index in [0.717, 1.165) is 22.4 Å². The Balaban J connectivity index is 2.22. The topological polar surface area (TPSA) is 12.9 Å². The monoisotopic (exact) mass is 403 g/mol. The lowest BCUT2D eigenvalue weighted by molar-refractivity contribution is 0.537. The first kappa shape index (κ1) is 18.8. The lowest BCUT2D eigenvalue weighted by Crippen LogP contribution is -2.54. The SMILES string of the molecule is [2H]C(C)(C)c1cccc(-c2cc(C([2H])(C)C(C)C)c([Si](C)(C)c3ccccc3)cn2)c1. The minimum absolute atomic E-state index is 0.167. The maximum absolute atomic E-state index is 9.27. The molecular formula is C27H35NSi. The zero-order valence-corrected chi connectivity index (χ0v) is 19.9. The van der Waals surface area contributed by atoms with E-state index in [1.165, 1.54) is 10.4 Å². The minimum atomic E-state index is -2.03. The van der Waals surface area contributed by atoms with Crippen LogP contribution in [0.4, 0.5) is 0 Å². The molecule has 1 nitrogen and oxygen atoms in total. The van der Waals surface area contributed by atoms with Crippen LogP contribution in [-0.2, 0) is 0 Å². The Hall–Kier alpha value is -2.19. The number of benzene rings is 2. The Bertz CT molecular complexity index is 1050. The molecule has 2 aromatic carbocycles. The van der Waals surface area contributed by atoms with Crippen LogP contribution in [0.25, 0.3) is 11.3 Å². The fraction of sp³-hybridized carbons (Fsp3) is 0.370. The molecule has 152 valence electrons. The first-order chi connectivity index (χ1) is 14.3. The van der Waals surface area contributed by atoms with Gasteiger partial charge in [0.1, 0.15) is 8.07 Å². The third-order valence-electron chi connectivity index (χ3n) is 6.10. The van der Waals surface area contributed by atoms with E-state index in [1.54, 1.807) is 0 Å². The van der Waals surface area contributed by atoms with E-state index in [-0.39, 0.29) is 5.92 Å². The van der Waals surface area contributed by atoms with Gasteiger partial charge in [-0.15, -0.1) is 0 Å². The minimum Gasteiger partial charge on any atom is -0.256 e. The Kier molecular flexibility index (Phi) is 5.62. The number of hydrogen-bond acceptors (Lipinski definition) is 1. The summed E-state index contributed by atoms with van der Waals surface area (Å²) in [6.07, 6.45) is 2.03. The third kappa shape index (κ3) is 4.53. The molecule has 3 aromatic rings. The van der Waals surface area contributed by atoms with Crippen molar-refractivity contribution in [2.24, 2.45) is 5.92 Å². The molecular weight excluding hydrogens is 366 g/mol. The van der Waals surface area contributed by atoms with E-state index in [9.17, 15) is 1.37 Å². The predicted octanol–water partition coefficient (Wildman–Crippen LogP) is 6.45. The highest BCUT2D eigenvalue weighted by Gasteiger charge is 2.31. The molecule has 0 N–H and O–H groups in total. The van der Waals surface area contributed by atoms with Crippen molar-refractivity contribution in [2.75, 3.05) is 0 Å². The largest absolute Gasteiger partial charge is 0.256 e. The van der Waals surface area contributed by atoms with Crippen LogP contribution in [0.15, 0.2) is 66.9 Å². The molecule has 0 saturated heterocycles. The van der Waals surface area contributed by atoms with Gasteiger partial charge in [-0.1, -0.05) is 101 Å². The lowest BCUT2D eigenvalue weighted by atomic mass is 9.89. The molecule has 0 spiro atoms. The Morgan fingerprint density at radius 1 is 0.862 bits per heavy atom. The van der Waals surface area contributed by atoms with E-state index in [1.807, 2.05) is 39.1 Å². The summed E-state index contributed by atoms with van der Waals surface area (Å²) in [6, 6.07) is 20.9. The van der Waals surface area contributed by atoms with Crippen molar-refractivity contribution in [2.45, 2.75) is 59.5 Å². The molecule has 2 heteroatoms. The molecule has 0 bridgehead atoms. The van der Waals surface area contributed by atoms with Crippen LogP contribution in [0.5, 0.6) is 0 Å². The smallest absolute Gasteiger partial charge is 0.114 e. The van der Waals surface area contributed by atoms with E-state index >= 15 is 0 Å². The molecule has 0 radical (unpaired) electrons.